The first-order chi connectivity index (χ1) is 8.99. The van der Waals surface area contributed by atoms with Crippen LogP contribution in [0.1, 0.15) is 36.9 Å². The highest BCUT2D eigenvalue weighted by Gasteiger charge is 2.21. The summed E-state index contributed by atoms with van der Waals surface area (Å²) in [5, 5.41) is 15.6. The average molecular weight is 286 g/mol. The highest BCUT2D eigenvalue weighted by atomic mass is 32.1. The Morgan fingerprint density at radius 3 is 2.74 bits per heavy atom. The molecule has 1 heterocycles. The maximum Gasteiger partial charge on any atom is 0.265 e. The molecule has 0 radical (unpaired) electrons. The molecule has 1 unspecified atom stereocenters. The molecule has 7 heteroatoms. The highest BCUT2D eigenvalue weighted by molar-refractivity contribution is 7.18. The Kier molecular flexibility index (Phi) is 6.04. The summed E-state index contributed by atoms with van der Waals surface area (Å²) in [7, 11) is 0. The van der Waals surface area contributed by atoms with E-state index in [-0.39, 0.29) is 30.3 Å². The molecule has 0 aliphatic carbocycles. The lowest BCUT2D eigenvalue weighted by atomic mass is 10.0. The van der Waals surface area contributed by atoms with E-state index in [0.29, 0.717) is 16.4 Å². The van der Waals surface area contributed by atoms with Gasteiger partial charge in [0.2, 0.25) is 0 Å². The van der Waals surface area contributed by atoms with Gasteiger partial charge in [-0.1, -0.05) is 25.2 Å². The van der Waals surface area contributed by atoms with Gasteiger partial charge in [0.25, 0.3) is 5.91 Å². The first-order valence-corrected chi connectivity index (χ1v) is 7.23. The van der Waals surface area contributed by atoms with E-state index in [1.807, 2.05) is 20.8 Å². The van der Waals surface area contributed by atoms with E-state index in [1.165, 1.54) is 11.3 Å². The fourth-order valence-electron chi connectivity index (χ4n) is 1.67. The van der Waals surface area contributed by atoms with Crippen molar-refractivity contribution >= 4 is 28.2 Å². The number of amides is 1. The number of nitrogens with two attached hydrogens (primary N) is 1. The predicted molar refractivity (Wildman–Crippen MR) is 78.5 cm³/mol. The van der Waals surface area contributed by atoms with Crippen LogP contribution in [0.25, 0.3) is 0 Å². The van der Waals surface area contributed by atoms with E-state index < -0.39 is 0 Å². The van der Waals surface area contributed by atoms with Crippen molar-refractivity contribution in [2.45, 2.75) is 33.2 Å². The van der Waals surface area contributed by atoms with Gasteiger partial charge in [-0.2, -0.15) is 0 Å². The summed E-state index contributed by atoms with van der Waals surface area (Å²) in [5.74, 6) is 0.259. The number of hydrogen-bond donors (Lipinski definition) is 4. The van der Waals surface area contributed by atoms with E-state index in [1.54, 1.807) is 0 Å². The Morgan fingerprint density at radius 2 is 2.21 bits per heavy atom. The van der Waals surface area contributed by atoms with Gasteiger partial charge in [-0.3, -0.25) is 4.79 Å². The zero-order valence-corrected chi connectivity index (χ0v) is 12.4. The summed E-state index contributed by atoms with van der Waals surface area (Å²) in [6, 6.07) is -0.0680. The highest BCUT2D eigenvalue weighted by Crippen LogP contribution is 2.25. The number of nitrogens with one attached hydrogen (secondary N) is 2. The molecule has 0 saturated carbocycles. The molecule has 0 saturated heterocycles. The summed E-state index contributed by atoms with van der Waals surface area (Å²) >= 11 is 1.24. The van der Waals surface area contributed by atoms with Crippen LogP contribution in [0.2, 0.25) is 0 Å². The Labute approximate surface area is 117 Å². The Hall–Kier alpha value is -1.34. The number of rotatable bonds is 7. The first kappa shape index (κ1) is 15.7. The van der Waals surface area contributed by atoms with Crippen LogP contribution in [0.4, 0.5) is 10.9 Å². The summed E-state index contributed by atoms with van der Waals surface area (Å²) in [5.41, 5.74) is 5.75. The average Bonchev–Trinajstić information content (AvgIpc) is 2.70. The van der Waals surface area contributed by atoms with Gasteiger partial charge in [0.15, 0.2) is 5.13 Å². The molecule has 0 aliphatic heterocycles. The molecule has 19 heavy (non-hydrogen) atoms. The molecule has 1 amide bonds. The van der Waals surface area contributed by atoms with Gasteiger partial charge in [-0.05, 0) is 19.3 Å². The van der Waals surface area contributed by atoms with Crippen molar-refractivity contribution in [2.24, 2.45) is 5.92 Å². The van der Waals surface area contributed by atoms with Crippen molar-refractivity contribution < 1.29 is 9.90 Å². The molecule has 1 aromatic rings. The minimum Gasteiger partial charge on any atom is -0.396 e. The number of aliphatic hydroxyl groups excluding tert-OH is 1. The molecule has 1 aromatic heterocycles. The van der Waals surface area contributed by atoms with Crippen LogP contribution in [-0.2, 0) is 0 Å². The number of carbonyl (C=O) groups is 1. The molecule has 0 aliphatic rings. The van der Waals surface area contributed by atoms with Crippen LogP contribution in [0.3, 0.4) is 0 Å². The van der Waals surface area contributed by atoms with Gasteiger partial charge < -0.3 is 21.5 Å². The monoisotopic (exact) mass is 286 g/mol. The molecule has 6 nitrogen and oxygen atoms in total. The maximum absolute atomic E-state index is 12.1. The van der Waals surface area contributed by atoms with E-state index >= 15 is 0 Å². The SMILES string of the molecule is CCNc1nc(N)c(C(=O)NC(CCO)C(C)C)s1. The molecule has 0 fully saturated rings. The number of nitrogens with zero attached hydrogens (tertiary/aromatic N) is 1. The maximum atomic E-state index is 12.1. The molecule has 1 rings (SSSR count). The number of hydrogen-bond acceptors (Lipinski definition) is 6. The van der Waals surface area contributed by atoms with Crippen molar-refractivity contribution in [3.63, 3.8) is 0 Å². The molecule has 0 spiro atoms. The van der Waals surface area contributed by atoms with Gasteiger partial charge in [-0.15, -0.1) is 0 Å². The second-order valence-corrected chi connectivity index (χ2v) is 5.60. The minimum atomic E-state index is -0.230. The molecule has 0 bridgehead atoms. The molecule has 108 valence electrons. The third-order valence-electron chi connectivity index (χ3n) is 2.75. The molecule has 5 N–H and O–H groups in total. The van der Waals surface area contributed by atoms with Crippen molar-refractivity contribution in [3.8, 4) is 0 Å². The van der Waals surface area contributed by atoms with Crippen molar-refractivity contribution in [2.75, 3.05) is 24.2 Å². The van der Waals surface area contributed by atoms with Crippen LogP contribution in [0.5, 0.6) is 0 Å². The minimum absolute atomic E-state index is 0.0456. The van der Waals surface area contributed by atoms with Crippen LogP contribution < -0.4 is 16.4 Å². The summed E-state index contributed by atoms with van der Waals surface area (Å²) in [6.45, 7) is 6.73. The molecule has 0 aromatic carbocycles. The Balaban J connectivity index is 2.76. The van der Waals surface area contributed by atoms with E-state index in [9.17, 15) is 4.79 Å². The zero-order valence-electron chi connectivity index (χ0n) is 11.6. The van der Waals surface area contributed by atoms with Crippen LogP contribution >= 0.6 is 11.3 Å². The van der Waals surface area contributed by atoms with Crippen molar-refractivity contribution in [1.29, 1.82) is 0 Å². The van der Waals surface area contributed by atoms with E-state index in [0.717, 1.165) is 6.54 Å². The van der Waals surface area contributed by atoms with Crippen LogP contribution in [0.15, 0.2) is 0 Å². The smallest absolute Gasteiger partial charge is 0.265 e. The predicted octanol–water partition coefficient (Wildman–Crippen LogP) is 1.29. The lowest BCUT2D eigenvalue weighted by molar-refractivity contribution is 0.0921. The van der Waals surface area contributed by atoms with Gasteiger partial charge >= 0.3 is 0 Å². The van der Waals surface area contributed by atoms with Gasteiger partial charge in [0, 0.05) is 19.2 Å². The fraction of sp³-hybridized carbons (Fsp3) is 0.667. The molecular weight excluding hydrogens is 264 g/mol. The topological polar surface area (TPSA) is 100 Å². The summed E-state index contributed by atoms with van der Waals surface area (Å²) < 4.78 is 0. The fourth-order valence-corrected chi connectivity index (χ4v) is 2.52. The molecular formula is C12H22N4O2S. The molecule has 1 atom stereocenters. The third kappa shape index (κ3) is 4.36. The number of nitrogen functional groups attached to an aromatic ring is 1. The van der Waals surface area contributed by atoms with Crippen molar-refractivity contribution in [3.05, 3.63) is 4.88 Å². The summed E-state index contributed by atoms with van der Waals surface area (Å²) in [4.78, 5) is 16.7. The second-order valence-electron chi connectivity index (χ2n) is 4.60. The van der Waals surface area contributed by atoms with Gasteiger partial charge in [0.1, 0.15) is 10.7 Å². The Bertz CT molecular complexity index is 420. The standard InChI is InChI=1S/C12H22N4O2S/c1-4-14-12-16-10(13)9(19-12)11(18)15-8(5-6-17)7(2)3/h7-8,17H,4-6,13H2,1-3H3,(H,14,16)(H,15,18). The zero-order chi connectivity index (χ0) is 14.4. The lowest BCUT2D eigenvalue weighted by Gasteiger charge is -2.21. The number of carbonyl (C=O) groups excluding carboxylic acids is 1. The number of aromatic nitrogens is 1. The van der Waals surface area contributed by atoms with Gasteiger partial charge in [0.05, 0.1) is 0 Å². The Morgan fingerprint density at radius 1 is 1.53 bits per heavy atom. The lowest BCUT2D eigenvalue weighted by Crippen LogP contribution is -2.39. The third-order valence-corrected chi connectivity index (χ3v) is 3.78. The van der Waals surface area contributed by atoms with Crippen molar-refractivity contribution in [1.82, 2.24) is 10.3 Å². The largest absolute Gasteiger partial charge is 0.396 e. The number of anilines is 2. The second kappa shape index (κ2) is 7.30. The van der Waals surface area contributed by atoms with Gasteiger partial charge in [-0.25, -0.2) is 4.98 Å². The summed E-state index contributed by atoms with van der Waals surface area (Å²) in [6.07, 6.45) is 0.530. The van der Waals surface area contributed by atoms with Crippen LogP contribution in [0, 0.1) is 5.92 Å². The van der Waals surface area contributed by atoms with Crippen LogP contribution in [-0.4, -0.2) is 35.2 Å². The van der Waals surface area contributed by atoms with E-state index in [2.05, 4.69) is 15.6 Å². The van der Waals surface area contributed by atoms with E-state index in [4.69, 9.17) is 10.8 Å². The normalized spacial score (nSPS) is 12.5. The number of thiazole rings is 1. The first-order valence-electron chi connectivity index (χ1n) is 6.41. The number of aliphatic hydroxyl groups is 1. The quantitative estimate of drug-likeness (QED) is 0.605.